The highest BCUT2D eigenvalue weighted by Crippen LogP contribution is 2.02. The Morgan fingerprint density at radius 3 is 2.10 bits per heavy atom. The number of amides is 2. The lowest BCUT2D eigenvalue weighted by atomic mass is 10.3. The smallest absolute Gasteiger partial charge is 0.239 e. The molecule has 2 amide bonds. The molecule has 7 nitrogen and oxygen atoms in total. The Labute approximate surface area is 143 Å². The minimum atomic E-state index is -0.0523. The van der Waals surface area contributed by atoms with E-state index in [9.17, 15) is 9.59 Å². The van der Waals surface area contributed by atoms with Gasteiger partial charge in [-0.15, -0.1) is 24.0 Å². The summed E-state index contributed by atoms with van der Waals surface area (Å²) >= 11 is 0. The third-order valence-electron chi connectivity index (χ3n) is 3.09. The number of hydrogen-bond donors (Lipinski definition) is 2. The molecule has 0 atom stereocenters. The first kappa shape index (κ1) is 19.9. The van der Waals surface area contributed by atoms with Crippen molar-refractivity contribution in [3.63, 3.8) is 0 Å². The molecule has 0 aromatic carbocycles. The van der Waals surface area contributed by atoms with E-state index in [0.29, 0.717) is 19.0 Å². The molecule has 0 bridgehead atoms. The van der Waals surface area contributed by atoms with Gasteiger partial charge in [-0.1, -0.05) is 0 Å². The fraction of sp³-hybridized carbons (Fsp3) is 0.769. The number of piperazine rings is 1. The summed E-state index contributed by atoms with van der Waals surface area (Å²) in [7, 11) is 1.69. The van der Waals surface area contributed by atoms with Crippen molar-refractivity contribution in [2.24, 2.45) is 4.99 Å². The number of rotatable bonds is 3. The van der Waals surface area contributed by atoms with E-state index in [0.717, 1.165) is 13.1 Å². The average molecular weight is 411 g/mol. The molecule has 0 spiro atoms. The van der Waals surface area contributed by atoms with Gasteiger partial charge in [0.15, 0.2) is 5.96 Å². The second-order valence-corrected chi connectivity index (χ2v) is 5.12. The van der Waals surface area contributed by atoms with Crippen LogP contribution >= 0.6 is 24.0 Å². The molecule has 1 aliphatic heterocycles. The van der Waals surface area contributed by atoms with Gasteiger partial charge in [-0.25, -0.2) is 0 Å². The van der Waals surface area contributed by atoms with Gasteiger partial charge in [0.25, 0.3) is 0 Å². The molecule has 0 unspecified atom stereocenters. The number of nitrogens with one attached hydrogen (secondary N) is 2. The van der Waals surface area contributed by atoms with Crippen LogP contribution in [0.3, 0.4) is 0 Å². The van der Waals surface area contributed by atoms with Gasteiger partial charge in [0.1, 0.15) is 0 Å². The maximum absolute atomic E-state index is 11.6. The predicted octanol–water partition coefficient (Wildman–Crippen LogP) is -0.131. The van der Waals surface area contributed by atoms with Crippen molar-refractivity contribution in [3.05, 3.63) is 0 Å². The number of guanidine groups is 1. The van der Waals surface area contributed by atoms with Gasteiger partial charge in [-0.2, -0.15) is 0 Å². The summed E-state index contributed by atoms with van der Waals surface area (Å²) < 4.78 is 0. The Balaban J connectivity index is 0.00000400. The normalized spacial score (nSPS) is 15.6. The molecule has 0 aliphatic carbocycles. The lowest BCUT2D eigenvalue weighted by Crippen LogP contribution is -2.54. The predicted molar refractivity (Wildman–Crippen MR) is 93.9 cm³/mol. The van der Waals surface area contributed by atoms with Crippen molar-refractivity contribution in [1.82, 2.24) is 20.4 Å². The van der Waals surface area contributed by atoms with Gasteiger partial charge in [-0.05, 0) is 13.8 Å². The maximum Gasteiger partial charge on any atom is 0.239 e. The summed E-state index contributed by atoms with van der Waals surface area (Å²) in [6.07, 6.45) is 0. The van der Waals surface area contributed by atoms with E-state index < -0.39 is 0 Å². The van der Waals surface area contributed by atoms with Crippen molar-refractivity contribution in [2.45, 2.75) is 26.8 Å². The van der Waals surface area contributed by atoms with Crippen LogP contribution in [-0.4, -0.2) is 73.4 Å². The fourth-order valence-electron chi connectivity index (χ4n) is 2.10. The standard InChI is InChI=1S/C13H25N5O2.HI/c1-10(2)16-12(20)9-15-13(14-4)18-7-5-17(6-8-18)11(3)19;/h10H,5-9H2,1-4H3,(H,14,15)(H,16,20);1H. The summed E-state index contributed by atoms with van der Waals surface area (Å²) in [4.78, 5) is 30.9. The molecule has 0 radical (unpaired) electrons. The number of aliphatic imine (C=N–C) groups is 1. The zero-order chi connectivity index (χ0) is 15.1. The minimum absolute atomic E-state index is 0. The molecule has 1 rings (SSSR count). The van der Waals surface area contributed by atoms with Gasteiger partial charge in [0.05, 0.1) is 6.54 Å². The molecular formula is C13H26IN5O2. The van der Waals surface area contributed by atoms with Crippen LogP contribution in [0, 0.1) is 0 Å². The number of carbonyl (C=O) groups excluding carboxylic acids is 2. The lowest BCUT2D eigenvalue weighted by Gasteiger charge is -2.36. The zero-order valence-corrected chi connectivity index (χ0v) is 15.5. The first-order valence-electron chi connectivity index (χ1n) is 6.94. The van der Waals surface area contributed by atoms with Crippen molar-refractivity contribution >= 4 is 41.8 Å². The Kier molecular flexibility index (Phi) is 9.31. The summed E-state index contributed by atoms with van der Waals surface area (Å²) in [6.45, 7) is 8.47. The van der Waals surface area contributed by atoms with E-state index in [1.165, 1.54) is 0 Å². The topological polar surface area (TPSA) is 77.0 Å². The molecule has 8 heteroatoms. The fourth-order valence-corrected chi connectivity index (χ4v) is 2.10. The second kappa shape index (κ2) is 9.80. The Morgan fingerprint density at radius 2 is 1.67 bits per heavy atom. The highest BCUT2D eigenvalue weighted by molar-refractivity contribution is 14.0. The monoisotopic (exact) mass is 411 g/mol. The second-order valence-electron chi connectivity index (χ2n) is 5.12. The van der Waals surface area contributed by atoms with Crippen LogP contribution in [0.15, 0.2) is 4.99 Å². The first-order valence-corrected chi connectivity index (χ1v) is 6.94. The minimum Gasteiger partial charge on any atom is -0.352 e. The van der Waals surface area contributed by atoms with Crippen molar-refractivity contribution in [2.75, 3.05) is 39.8 Å². The molecule has 0 aromatic heterocycles. The average Bonchev–Trinajstić information content (AvgIpc) is 2.39. The molecule has 2 N–H and O–H groups in total. The number of hydrogen-bond acceptors (Lipinski definition) is 3. The van der Waals surface area contributed by atoms with Crippen molar-refractivity contribution < 1.29 is 9.59 Å². The van der Waals surface area contributed by atoms with Crippen molar-refractivity contribution in [3.8, 4) is 0 Å². The number of nitrogens with zero attached hydrogens (tertiary/aromatic N) is 3. The van der Waals surface area contributed by atoms with Crippen LogP contribution in [-0.2, 0) is 9.59 Å². The zero-order valence-electron chi connectivity index (χ0n) is 13.2. The highest BCUT2D eigenvalue weighted by Gasteiger charge is 2.21. The SMILES string of the molecule is CN=C(NCC(=O)NC(C)C)N1CCN(C(C)=O)CC1.I. The number of halogens is 1. The van der Waals surface area contributed by atoms with Gasteiger partial charge in [0, 0.05) is 46.2 Å². The van der Waals surface area contributed by atoms with Crippen LogP contribution in [0.5, 0.6) is 0 Å². The molecule has 122 valence electrons. The van der Waals surface area contributed by atoms with Crippen LogP contribution in [0.25, 0.3) is 0 Å². The third-order valence-corrected chi connectivity index (χ3v) is 3.09. The molecule has 21 heavy (non-hydrogen) atoms. The van der Waals surface area contributed by atoms with E-state index in [2.05, 4.69) is 20.5 Å². The quantitative estimate of drug-likeness (QED) is 0.386. The molecular weight excluding hydrogens is 385 g/mol. The maximum atomic E-state index is 11.6. The number of carbonyl (C=O) groups is 2. The van der Waals surface area contributed by atoms with Crippen molar-refractivity contribution in [1.29, 1.82) is 0 Å². The molecule has 0 aromatic rings. The van der Waals surface area contributed by atoms with Crippen LogP contribution in [0.2, 0.25) is 0 Å². The van der Waals surface area contributed by atoms with Gasteiger partial charge in [-0.3, -0.25) is 14.6 Å². The lowest BCUT2D eigenvalue weighted by molar-refractivity contribution is -0.130. The summed E-state index contributed by atoms with van der Waals surface area (Å²) in [5.41, 5.74) is 0. The van der Waals surface area contributed by atoms with Crippen LogP contribution in [0.4, 0.5) is 0 Å². The highest BCUT2D eigenvalue weighted by atomic mass is 127. The van der Waals surface area contributed by atoms with Gasteiger partial charge < -0.3 is 20.4 Å². The first-order chi connectivity index (χ1) is 9.43. The van der Waals surface area contributed by atoms with Gasteiger partial charge in [0.2, 0.25) is 11.8 Å². The summed E-state index contributed by atoms with van der Waals surface area (Å²) in [6, 6.07) is 0.130. The largest absolute Gasteiger partial charge is 0.352 e. The molecule has 1 fully saturated rings. The Morgan fingerprint density at radius 1 is 1.14 bits per heavy atom. The molecule has 1 heterocycles. The third kappa shape index (κ3) is 6.96. The Hall–Kier alpha value is -1.06. The molecule has 1 saturated heterocycles. The molecule has 0 saturated carbocycles. The van der Waals surface area contributed by atoms with Gasteiger partial charge >= 0.3 is 0 Å². The Bertz CT molecular complexity index is 379. The van der Waals surface area contributed by atoms with E-state index in [4.69, 9.17) is 0 Å². The molecule has 1 aliphatic rings. The van der Waals surface area contributed by atoms with E-state index in [1.54, 1.807) is 14.0 Å². The van der Waals surface area contributed by atoms with E-state index in [1.807, 2.05) is 18.7 Å². The van der Waals surface area contributed by atoms with E-state index >= 15 is 0 Å². The van der Waals surface area contributed by atoms with E-state index in [-0.39, 0.29) is 48.4 Å². The summed E-state index contributed by atoms with van der Waals surface area (Å²) in [5, 5.41) is 5.87. The van der Waals surface area contributed by atoms with Crippen LogP contribution in [0.1, 0.15) is 20.8 Å². The summed E-state index contributed by atoms with van der Waals surface area (Å²) in [5.74, 6) is 0.750. The van der Waals surface area contributed by atoms with Crippen LogP contribution < -0.4 is 10.6 Å².